The summed E-state index contributed by atoms with van der Waals surface area (Å²) >= 11 is 2.13. The van der Waals surface area contributed by atoms with Crippen LogP contribution in [0.25, 0.3) is 11.0 Å². The Morgan fingerprint density at radius 3 is 2.74 bits per heavy atom. The molecule has 0 radical (unpaired) electrons. The second-order valence-electron chi connectivity index (χ2n) is 4.92. The maximum atomic E-state index is 11.6. The average Bonchev–Trinajstić information content (AvgIpc) is 2.35. The first-order valence-corrected chi connectivity index (χ1v) is 6.97. The van der Waals surface area contributed by atoms with Crippen molar-refractivity contribution in [1.29, 1.82) is 0 Å². The Morgan fingerprint density at radius 1 is 1.42 bits per heavy atom. The van der Waals surface area contributed by atoms with Gasteiger partial charge in [0.1, 0.15) is 11.4 Å². The third kappa shape index (κ3) is 2.83. The highest BCUT2D eigenvalue weighted by Gasteiger charge is 2.18. The van der Waals surface area contributed by atoms with Crippen molar-refractivity contribution < 1.29 is 9.15 Å². The molecule has 0 aliphatic carbocycles. The van der Waals surface area contributed by atoms with Gasteiger partial charge in [-0.3, -0.25) is 0 Å². The lowest BCUT2D eigenvalue weighted by Gasteiger charge is -2.23. The summed E-state index contributed by atoms with van der Waals surface area (Å²) in [7, 11) is 0. The third-order valence-corrected chi connectivity index (χ3v) is 3.87. The molecule has 1 heterocycles. The number of benzene rings is 1. The first-order chi connectivity index (χ1) is 8.84. The van der Waals surface area contributed by atoms with Crippen molar-refractivity contribution in [2.75, 3.05) is 0 Å². The fourth-order valence-corrected chi connectivity index (χ4v) is 2.35. The predicted molar refractivity (Wildman–Crippen MR) is 84.8 cm³/mol. The van der Waals surface area contributed by atoms with Crippen LogP contribution < -0.4 is 10.4 Å². The Balaban J connectivity index is 2.61. The van der Waals surface area contributed by atoms with Gasteiger partial charge in [-0.1, -0.05) is 6.58 Å². The van der Waals surface area contributed by atoms with Gasteiger partial charge in [-0.2, -0.15) is 0 Å². The van der Waals surface area contributed by atoms with Gasteiger partial charge in [0.25, 0.3) is 0 Å². The van der Waals surface area contributed by atoms with Crippen molar-refractivity contribution in [2.45, 2.75) is 26.4 Å². The maximum absolute atomic E-state index is 11.6. The molecule has 100 valence electrons. The van der Waals surface area contributed by atoms with E-state index in [1.165, 1.54) is 0 Å². The Kier molecular flexibility index (Phi) is 3.71. The minimum Gasteiger partial charge on any atom is -0.483 e. The number of rotatable bonds is 3. The lowest BCUT2D eigenvalue weighted by molar-refractivity contribution is 0.161. The van der Waals surface area contributed by atoms with E-state index in [0.29, 0.717) is 16.9 Å². The molecule has 19 heavy (non-hydrogen) atoms. The van der Waals surface area contributed by atoms with Crippen LogP contribution >= 0.6 is 22.6 Å². The highest BCUT2D eigenvalue weighted by Crippen LogP contribution is 2.31. The van der Waals surface area contributed by atoms with E-state index >= 15 is 0 Å². The summed E-state index contributed by atoms with van der Waals surface area (Å²) < 4.78 is 12.0. The number of halogens is 1. The lowest BCUT2D eigenvalue weighted by atomic mass is 10.1. The standard InChI is InChI=1S/C15H15IO3/c1-5-15(3,4)19-11-7-6-10-8-9(2)14(17)18-13(10)12(11)16/h5-8H,1H2,2-4H3. The van der Waals surface area contributed by atoms with E-state index in [-0.39, 0.29) is 5.63 Å². The van der Waals surface area contributed by atoms with Gasteiger partial charge in [-0.25, -0.2) is 4.79 Å². The Bertz CT molecular complexity index is 698. The SMILES string of the molecule is C=CC(C)(C)Oc1ccc2cc(C)c(=O)oc2c1I. The van der Waals surface area contributed by atoms with Crippen molar-refractivity contribution >= 4 is 33.6 Å². The molecule has 2 rings (SSSR count). The van der Waals surface area contributed by atoms with Crippen molar-refractivity contribution in [3.63, 3.8) is 0 Å². The van der Waals surface area contributed by atoms with Crippen LogP contribution in [0.2, 0.25) is 0 Å². The molecule has 0 saturated heterocycles. The number of fused-ring (bicyclic) bond motifs is 1. The first kappa shape index (κ1) is 14.1. The molecule has 0 saturated carbocycles. The number of ether oxygens (including phenoxy) is 1. The lowest BCUT2D eigenvalue weighted by Crippen LogP contribution is -2.25. The number of hydrogen-bond donors (Lipinski definition) is 0. The van der Waals surface area contributed by atoms with Gasteiger partial charge < -0.3 is 9.15 Å². The predicted octanol–water partition coefficient (Wildman–Crippen LogP) is 4.05. The Morgan fingerprint density at radius 2 is 2.11 bits per heavy atom. The van der Waals surface area contributed by atoms with Crippen molar-refractivity contribution in [2.24, 2.45) is 0 Å². The molecular formula is C15H15IO3. The molecule has 0 fully saturated rings. The summed E-state index contributed by atoms with van der Waals surface area (Å²) in [5.74, 6) is 0.685. The molecule has 0 N–H and O–H groups in total. The molecule has 1 aromatic heterocycles. The summed E-state index contributed by atoms with van der Waals surface area (Å²) in [6.07, 6.45) is 1.73. The van der Waals surface area contributed by atoms with E-state index < -0.39 is 5.60 Å². The van der Waals surface area contributed by atoms with Crippen LogP contribution in [-0.2, 0) is 0 Å². The summed E-state index contributed by atoms with van der Waals surface area (Å²) in [6.45, 7) is 9.33. The Labute approximate surface area is 125 Å². The molecule has 3 nitrogen and oxygen atoms in total. The molecule has 0 spiro atoms. The molecule has 1 aromatic carbocycles. The van der Waals surface area contributed by atoms with Crippen LogP contribution in [0.1, 0.15) is 19.4 Å². The normalized spacial score (nSPS) is 11.6. The topological polar surface area (TPSA) is 39.4 Å². The molecule has 0 atom stereocenters. The van der Waals surface area contributed by atoms with Gasteiger partial charge in [-0.15, -0.1) is 0 Å². The van der Waals surface area contributed by atoms with E-state index in [4.69, 9.17) is 9.15 Å². The highest BCUT2D eigenvalue weighted by atomic mass is 127. The second-order valence-corrected chi connectivity index (χ2v) is 6.00. The summed E-state index contributed by atoms with van der Waals surface area (Å²) in [5, 5.41) is 0.894. The number of hydrogen-bond acceptors (Lipinski definition) is 3. The first-order valence-electron chi connectivity index (χ1n) is 5.89. The average molecular weight is 370 g/mol. The van der Waals surface area contributed by atoms with Crippen LogP contribution in [-0.4, -0.2) is 5.60 Å². The smallest absolute Gasteiger partial charge is 0.339 e. The molecule has 0 aliphatic heterocycles. The summed E-state index contributed by atoms with van der Waals surface area (Å²) in [5.41, 5.74) is 0.376. The van der Waals surface area contributed by atoms with Crippen LogP contribution in [0.5, 0.6) is 5.75 Å². The maximum Gasteiger partial charge on any atom is 0.339 e. The van der Waals surface area contributed by atoms with Crippen molar-refractivity contribution in [3.05, 3.63) is 50.4 Å². The molecule has 2 aromatic rings. The zero-order valence-electron chi connectivity index (χ0n) is 11.1. The van der Waals surface area contributed by atoms with Gasteiger partial charge in [0.05, 0.1) is 3.57 Å². The van der Waals surface area contributed by atoms with E-state index in [1.807, 2.05) is 32.0 Å². The monoisotopic (exact) mass is 370 g/mol. The third-order valence-electron chi connectivity index (χ3n) is 2.85. The zero-order chi connectivity index (χ0) is 14.2. The molecule has 0 amide bonds. The largest absolute Gasteiger partial charge is 0.483 e. The van der Waals surface area contributed by atoms with Crippen LogP contribution in [0.4, 0.5) is 0 Å². The van der Waals surface area contributed by atoms with Crippen molar-refractivity contribution in [1.82, 2.24) is 0 Å². The van der Waals surface area contributed by atoms with Gasteiger partial charge in [0.15, 0.2) is 5.58 Å². The van der Waals surface area contributed by atoms with E-state index in [0.717, 1.165) is 8.96 Å². The van der Waals surface area contributed by atoms with Crippen molar-refractivity contribution in [3.8, 4) is 5.75 Å². The minimum absolute atomic E-state index is 0.314. The Hall–Kier alpha value is -1.30. The molecule has 4 heteroatoms. The fraction of sp³-hybridized carbons (Fsp3) is 0.267. The van der Waals surface area contributed by atoms with Crippen LogP contribution in [0, 0.1) is 10.5 Å². The molecule has 0 bridgehead atoms. The number of aryl methyl sites for hydroxylation is 1. The molecule has 0 aliphatic rings. The highest BCUT2D eigenvalue weighted by molar-refractivity contribution is 14.1. The zero-order valence-corrected chi connectivity index (χ0v) is 13.3. The van der Waals surface area contributed by atoms with Crippen LogP contribution in [0.15, 0.2) is 40.1 Å². The summed E-state index contributed by atoms with van der Waals surface area (Å²) in [6, 6.07) is 5.60. The fourth-order valence-electron chi connectivity index (χ4n) is 1.64. The minimum atomic E-state index is -0.474. The van der Waals surface area contributed by atoms with E-state index in [2.05, 4.69) is 29.2 Å². The summed E-state index contributed by atoms with van der Waals surface area (Å²) in [4.78, 5) is 11.6. The quantitative estimate of drug-likeness (QED) is 0.465. The van der Waals surface area contributed by atoms with Gasteiger partial charge in [0, 0.05) is 10.9 Å². The molecule has 0 unspecified atom stereocenters. The van der Waals surface area contributed by atoms with E-state index in [1.54, 1.807) is 13.0 Å². The van der Waals surface area contributed by atoms with Crippen LogP contribution in [0.3, 0.4) is 0 Å². The van der Waals surface area contributed by atoms with Gasteiger partial charge in [-0.05, 0) is 67.6 Å². The van der Waals surface area contributed by atoms with Gasteiger partial charge in [0.2, 0.25) is 0 Å². The van der Waals surface area contributed by atoms with Gasteiger partial charge >= 0.3 is 5.63 Å². The van der Waals surface area contributed by atoms with E-state index in [9.17, 15) is 4.79 Å². The second kappa shape index (κ2) is 5.00. The molecular weight excluding hydrogens is 355 g/mol.